The molecule has 1 aliphatic rings. The van der Waals surface area contributed by atoms with E-state index in [0.29, 0.717) is 11.3 Å². The van der Waals surface area contributed by atoms with Crippen molar-refractivity contribution >= 4 is 11.0 Å². The molecule has 1 unspecified atom stereocenters. The van der Waals surface area contributed by atoms with Gasteiger partial charge in [-0.2, -0.15) is 0 Å². The van der Waals surface area contributed by atoms with Crippen molar-refractivity contribution in [2.45, 2.75) is 25.6 Å². The highest BCUT2D eigenvalue weighted by Crippen LogP contribution is 2.52. The monoisotopic (exact) mass is 246 g/mol. The Balaban J connectivity index is 2.19. The third-order valence-corrected chi connectivity index (χ3v) is 3.25. The summed E-state index contributed by atoms with van der Waals surface area (Å²) in [5.74, 6) is 0.687. The van der Waals surface area contributed by atoms with E-state index in [4.69, 9.17) is 13.9 Å². The molecule has 1 saturated heterocycles. The number of benzene rings is 1. The summed E-state index contributed by atoms with van der Waals surface area (Å²) in [6.45, 7) is 4.07. The lowest BCUT2D eigenvalue weighted by atomic mass is 10.0. The Morgan fingerprint density at radius 3 is 2.61 bits per heavy atom. The van der Waals surface area contributed by atoms with Gasteiger partial charge in [-0.1, -0.05) is 0 Å². The molecular weight excluding hydrogens is 232 g/mol. The van der Waals surface area contributed by atoms with Gasteiger partial charge in [0, 0.05) is 23.1 Å². The zero-order valence-electron chi connectivity index (χ0n) is 10.5. The lowest BCUT2D eigenvalue weighted by molar-refractivity contribution is 0.322. The molecule has 2 aromatic rings. The van der Waals surface area contributed by atoms with Crippen LogP contribution in [0.2, 0.25) is 0 Å². The summed E-state index contributed by atoms with van der Waals surface area (Å²) in [4.78, 5) is 11.2. The second kappa shape index (κ2) is 3.59. The number of rotatable bonds is 2. The van der Waals surface area contributed by atoms with Crippen LogP contribution in [0.25, 0.3) is 11.0 Å². The molecule has 0 radical (unpaired) electrons. The fourth-order valence-electron chi connectivity index (χ4n) is 2.20. The Morgan fingerprint density at radius 2 is 2.00 bits per heavy atom. The molecular formula is C14H14O4. The summed E-state index contributed by atoms with van der Waals surface area (Å²) >= 11 is 0. The van der Waals surface area contributed by atoms with Gasteiger partial charge in [0.25, 0.3) is 0 Å². The van der Waals surface area contributed by atoms with Crippen molar-refractivity contribution in [3.63, 3.8) is 0 Å². The maximum Gasteiger partial charge on any atom is 0.336 e. The third-order valence-electron chi connectivity index (χ3n) is 3.25. The molecule has 0 bridgehead atoms. The predicted octanol–water partition coefficient (Wildman–Crippen LogP) is 2.65. The van der Waals surface area contributed by atoms with Crippen LogP contribution in [0.4, 0.5) is 0 Å². The van der Waals surface area contributed by atoms with Gasteiger partial charge in [0.2, 0.25) is 0 Å². The SMILES string of the molecule is COc1cc2oc(=O)ccc2cc1C1OC1(C)C. The Hall–Kier alpha value is -1.81. The second-order valence-electron chi connectivity index (χ2n) is 4.99. The van der Waals surface area contributed by atoms with Crippen LogP contribution in [0.1, 0.15) is 25.5 Å². The van der Waals surface area contributed by atoms with Crippen molar-refractivity contribution in [3.05, 3.63) is 40.2 Å². The molecule has 2 heterocycles. The van der Waals surface area contributed by atoms with E-state index >= 15 is 0 Å². The van der Waals surface area contributed by atoms with E-state index in [1.54, 1.807) is 19.2 Å². The molecule has 0 saturated carbocycles. The molecule has 1 aromatic heterocycles. The van der Waals surface area contributed by atoms with E-state index < -0.39 is 0 Å². The Labute approximate surface area is 104 Å². The van der Waals surface area contributed by atoms with Crippen LogP contribution in [-0.2, 0) is 4.74 Å². The van der Waals surface area contributed by atoms with E-state index in [-0.39, 0.29) is 17.3 Å². The minimum absolute atomic E-state index is 0.0313. The van der Waals surface area contributed by atoms with Crippen molar-refractivity contribution < 1.29 is 13.9 Å². The Morgan fingerprint density at radius 1 is 1.28 bits per heavy atom. The second-order valence-corrected chi connectivity index (χ2v) is 4.99. The minimum atomic E-state index is -0.361. The molecule has 4 nitrogen and oxygen atoms in total. The number of ether oxygens (including phenoxy) is 2. The van der Waals surface area contributed by atoms with Crippen LogP contribution in [0, 0.1) is 0 Å². The molecule has 4 heteroatoms. The summed E-state index contributed by atoms with van der Waals surface area (Å²) in [6, 6.07) is 6.86. The average molecular weight is 246 g/mol. The molecule has 1 aromatic carbocycles. The first-order valence-electron chi connectivity index (χ1n) is 5.81. The molecule has 94 valence electrons. The number of hydrogen-bond donors (Lipinski definition) is 0. The Bertz CT molecular complexity index is 669. The van der Waals surface area contributed by atoms with Crippen LogP contribution < -0.4 is 10.4 Å². The number of fused-ring (bicyclic) bond motifs is 1. The first-order chi connectivity index (χ1) is 8.51. The molecule has 1 fully saturated rings. The minimum Gasteiger partial charge on any atom is -0.496 e. The van der Waals surface area contributed by atoms with Gasteiger partial charge in [-0.25, -0.2) is 4.79 Å². The summed E-state index contributed by atoms with van der Waals surface area (Å²) < 4.78 is 16.1. The largest absolute Gasteiger partial charge is 0.496 e. The van der Waals surface area contributed by atoms with Crippen LogP contribution in [0.15, 0.2) is 33.5 Å². The van der Waals surface area contributed by atoms with Crippen LogP contribution >= 0.6 is 0 Å². The van der Waals surface area contributed by atoms with E-state index in [9.17, 15) is 4.79 Å². The highest BCUT2D eigenvalue weighted by Gasteiger charge is 2.50. The van der Waals surface area contributed by atoms with Crippen molar-refractivity contribution in [3.8, 4) is 5.75 Å². The van der Waals surface area contributed by atoms with Gasteiger partial charge in [0.15, 0.2) is 0 Å². The highest BCUT2D eigenvalue weighted by molar-refractivity contribution is 5.79. The van der Waals surface area contributed by atoms with Crippen molar-refractivity contribution in [1.82, 2.24) is 0 Å². The lowest BCUT2D eigenvalue weighted by Gasteiger charge is -2.08. The first-order valence-corrected chi connectivity index (χ1v) is 5.81. The lowest BCUT2D eigenvalue weighted by Crippen LogP contribution is -2.01. The first kappa shape index (κ1) is 11.3. The zero-order chi connectivity index (χ0) is 12.9. The summed E-state index contributed by atoms with van der Waals surface area (Å²) in [7, 11) is 1.60. The van der Waals surface area contributed by atoms with E-state index in [2.05, 4.69) is 0 Å². The molecule has 3 rings (SSSR count). The van der Waals surface area contributed by atoms with Gasteiger partial charge in [0.1, 0.15) is 17.4 Å². The summed E-state index contributed by atoms with van der Waals surface area (Å²) in [6.07, 6.45) is 0.0313. The summed E-state index contributed by atoms with van der Waals surface area (Å²) in [5, 5.41) is 0.872. The van der Waals surface area contributed by atoms with E-state index in [1.165, 1.54) is 6.07 Å². The molecule has 0 N–H and O–H groups in total. The standard InChI is InChI=1S/C14H14O4/c1-14(2)13(18-14)9-6-8-4-5-12(15)17-10(8)7-11(9)16-3/h4-7,13H,1-3H3. The third kappa shape index (κ3) is 1.69. The maximum absolute atomic E-state index is 11.2. The van der Waals surface area contributed by atoms with Gasteiger partial charge in [-0.05, 0) is 26.0 Å². The van der Waals surface area contributed by atoms with Crippen LogP contribution in [0.5, 0.6) is 5.75 Å². The van der Waals surface area contributed by atoms with Gasteiger partial charge < -0.3 is 13.9 Å². The van der Waals surface area contributed by atoms with Crippen molar-refractivity contribution in [2.75, 3.05) is 7.11 Å². The van der Waals surface area contributed by atoms with E-state index in [1.807, 2.05) is 19.9 Å². The molecule has 1 atom stereocenters. The molecule has 0 amide bonds. The molecule has 0 aliphatic carbocycles. The summed E-state index contributed by atoms with van der Waals surface area (Å²) in [5.41, 5.74) is 1.00. The topological polar surface area (TPSA) is 52.0 Å². The highest BCUT2D eigenvalue weighted by atomic mass is 16.6. The average Bonchev–Trinajstić information content (AvgIpc) is 2.96. The maximum atomic E-state index is 11.2. The number of epoxide rings is 1. The Kier molecular flexibility index (Phi) is 2.25. The quantitative estimate of drug-likeness (QED) is 0.603. The smallest absolute Gasteiger partial charge is 0.336 e. The van der Waals surface area contributed by atoms with Crippen molar-refractivity contribution in [1.29, 1.82) is 0 Å². The zero-order valence-corrected chi connectivity index (χ0v) is 10.5. The molecule has 18 heavy (non-hydrogen) atoms. The molecule has 0 spiro atoms. The van der Waals surface area contributed by atoms with Gasteiger partial charge in [0.05, 0.1) is 12.7 Å². The number of methoxy groups -OCH3 is 1. The van der Waals surface area contributed by atoms with E-state index in [0.717, 1.165) is 10.9 Å². The van der Waals surface area contributed by atoms with Gasteiger partial charge in [-0.3, -0.25) is 0 Å². The van der Waals surface area contributed by atoms with Crippen LogP contribution in [0.3, 0.4) is 0 Å². The fraction of sp³-hybridized carbons (Fsp3) is 0.357. The van der Waals surface area contributed by atoms with Crippen molar-refractivity contribution in [2.24, 2.45) is 0 Å². The van der Waals surface area contributed by atoms with Gasteiger partial charge in [-0.15, -0.1) is 0 Å². The molecule has 1 aliphatic heterocycles. The fourth-order valence-corrected chi connectivity index (χ4v) is 2.20. The number of hydrogen-bond acceptors (Lipinski definition) is 4. The van der Waals surface area contributed by atoms with Gasteiger partial charge >= 0.3 is 5.63 Å². The normalized spacial score (nSPS) is 20.9. The predicted molar refractivity (Wildman–Crippen MR) is 66.9 cm³/mol. The van der Waals surface area contributed by atoms with Crippen LogP contribution in [-0.4, -0.2) is 12.7 Å².